The van der Waals surface area contributed by atoms with Gasteiger partial charge in [-0.1, -0.05) is 84.9 Å². The van der Waals surface area contributed by atoms with Crippen LogP contribution in [0.2, 0.25) is 10.0 Å². The fraction of sp³-hybridized carbons (Fsp3) is 0.273. The van der Waals surface area contributed by atoms with Gasteiger partial charge in [0.1, 0.15) is 11.4 Å². The fourth-order valence-corrected chi connectivity index (χ4v) is 9.19. The average Bonchev–Trinajstić information content (AvgIpc) is 3.59. The Hall–Kier alpha value is -4.91. The Bertz CT molecular complexity index is 2290. The molecule has 2 fully saturated rings. The molecule has 53 heavy (non-hydrogen) atoms. The zero-order valence-corrected chi connectivity index (χ0v) is 31.2. The van der Waals surface area contributed by atoms with Gasteiger partial charge in [0, 0.05) is 76.6 Å². The van der Waals surface area contributed by atoms with E-state index in [2.05, 4.69) is 61.1 Å². The Labute approximate surface area is 320 Å². The molecule has 7 nitrogen and oxygen atoms in total. The summed E-state index contributed by atoms with van der Waals surface area (Å²) < 4.78 is 5.67. The number of nitrogens with one attached hydrogen (secondary N) is 2. The van der Waals surface area contributed by atoms with Crippen LogP contribution in [0.3, 0.4) is 0 Å². The number of aromatic nitrogens is 1. The first-order chi connectivity index (χ1) is 26.0. The van der Waals surface area contributed by atoms with Crippen LogP contribution in [0.15, 0.2) is 103 Å². The van der Waals surface area contributed by atoms with Gasteiger partial charge in [0.25, 0.3) is 5.91 Å². The van der Waals surface area contributed by atoms with E-state index < -0.39 is 0 Å². The number of methoxy groups -OCH3 is 1. The molecule has 0 spiro atoms. The van der Waals surface area contributed by atoms with E-state index in [4.69, 9.17) is 27.9 Å². The summed E-state index contributed by atoms with van der Waals surface area (Å²) in [6.07, 6.45) is 10.6. The van der Waals surface area contributed by atoms with Gasteiger partial charge < -0.3 is 24.8 Å². The number of H-pyrrole nitrogens is 1. The highest BCUT2D eigenvalue weighted by Crippen LogP contribution is 2.51. The molecule has 4 heterocycles. The zero-order chi connectivity index (χ0) is 36.1. The van der Waals surface area contributed by atoms with Crippen molar-refractivity contribution in [2.45, 2.75) is 44.2 Å². The summed E-state index contributed by atoms with van der Waals surface area (Å²) in [5.74, 6) is 0.447. The molecule has 9 rings (SSSR count). The summed E-state index contributed by atoms with van der Waals surface area (Å²) in [5, 5.41) is 5.55. The molecule has 4 aliphatic rings. The predicted molar refractivity (Wildman–Crippen MR) is 216 cm³/mol. The number of carbonyl (C=O) groups is 1. The van der Waals surface area contributed by atoms with Crippen molar-refractivity contribution in [1.82, 2.24) is 14.8 Å². The van der Waals surface area contributed by atoms with Gasteiger partial charge in [-0.25, -0.2) is 0 Å². The van der Waals surface area contributed by atoms with Crippen molar-refractivity contribution in [2.24, 2.45) is 0 Å². The van der Waals surface area contributed by atoms with Crippen LogP contribution in [0, 0.1) is 0 Å². The Morgan fingerprint density at radius 3 is 2.42 bits per heavy atom. The molecule has 0 bridgehead atoms. The highest BCUT2D eigenvalue weighted by Gasteiger charge is 2.39. The van der Waals surface area contributed by atoms with E-state index >= 15 is 0 Å². The molecule has 1 atom stereocenters. The summed E-state index contributed by atoms with van der Waals surface area (Å²) in [7, 11) is 1.66. The second-order valence-corrected chi connectivity index (χ2v) is 15.2. The van der Waals surface area contributed by atoms with Crippen LogP contribution in [0.1, 0.15) is 70.9 Å². The maximum atomic E-state index is 14.8. The topological polar surface area (TPSA) is 63.8 Å². The molecule has 9 heteroatoms. The van der Waals surface area contributed by atoms with E-state index in [0.717, 1.165) is 82.0 Å². The molecule has 1 aliphatic carbocycles. The van der Waals surface area contributed by atoms with Crippen LogP contribution in [-0.4, -0.2) is 60.0 Å². The number of hydrogen-bond acceptors (Lipinski definition) is 5. The van der Waals surface area contributed by atoms with Crippen LogP contribution in [0.5, 0.6) is 5.75 Å². The quantitative estimate of drug-likeness (QED) is 0.163. The number of rotatable bonds is 7. The number of nitrogens with zero attached hydrogens (tertiary/aromatic N) is 3. The lowest BCUT2D eigenvalue weighted by Gasteiger charge is -2.42. The molecule has 1 unspecified atom stereocenters. The standard InChI is InChI=1S/C44H41Cl2N5O2/c1-53-33-18-19-38(50-23-21-49(22-24-50)32-11-6-3-7-12-32)36(27-33)48-44(52)41-40-39-35(25-31(46)26-37(39)47-41)42(29-14-16-30(45)17-15-29)51-20-8-13-34(43(40)51)28-9-4-2-5-10-28/h2,4-5,9-10,13-20,25-27,32,42,47H,3,6-7,11-12,21-24H2,1H3,(H,48,52). The Balaban J connectivity index is 1.15. The molecule has 5 aromatic rings. The number of carbonyl (C=O) groups excluding carboxylic acids is 1. The number of ether oxygens (including phenoxy) is 1. The summed E-state index contributed by atoms with van der Waals surface area (Å²) in [6.45, 7) is 3.83. The van der Waals surface area contributed by atoms with Crippen LogP contribution < -0.4 is 15.0 Å². The van der Waals surface area contributed by atoms with Gasteiger partial charge in [0.15, 0.2) is 0 Å². The first-order valence-corrected chi connectivity index (χ1v) is 19.3. The number of benzene rings is 4. The number of hydrogen-bond donors (Lipinski definition) is 2. The van der Waals surface area contributed by atoms with Gasteiger partial charge >= 0.3 is 0 Å². The first kappa shape index (κ1) is 33.9. The SMILES string of the molecule is COc1ccc(N2CCN(C3CCCCC3)CC2)c(NC(=O)c2[nH]c3cc(Cl)cc4c3c2C2=C(c3ccccc3)C=C=CN2C4c2ccc(Cl)cc2)c1. The van der Waals surface area contributed by atoms with Crippen molar-refractivity contribution in [1.29, 1.82) is 0 Å². The minimum absolute atomic E-state index is 0.236. The summed E-state index contributed by atoms with van der Waals surface area (Å²) in [6, 6.07) is 28.6. The summed E-state index contributed by atoms with van der Waals surface area (Å²) in [4.78, 5) is 25.7. The van der Waals surface area contributed by atoms with Gasteiger partial charge in [-0.15, -0.1) is 5.73 Å². The van der Waals surface area contributed by atoms with Gasteiger partial charge in [0.05, 0.1) is 30.2 Å². The second-order valence-electron chi connectivity index (χ2n) is 14.4. The van der Waals surface area contributed by atoms with E-state index in [1.54, 1.807) is 7.11 Å². The lowest BCUT2D eigenvalue weighted by Crippen LogP contribution is -2.51. The summed E-state index contributed by atoms with van der Waals surface area (Å²) in [5.41, 5.74) is 12.2. The van der Waals surface area contributed by atoms with Gasteiger partial charge in [0.2, 0.25) is 0 Å². The van der Waals surface area contributed by atoms with Crippen LogP contribution >= 0.6 is 23.2 Å². The Morgan fingerprint density at radius 2 is 1.66 bits per heavy atom. The second kappa shape index (κ2) is 14.1. The third kappa shape index (κ3) is 6.22. The molecular weight excluding hydrogens is 701 g/mol. The van der Waals surface area contributed by atoms with Crippen molar-refractivity contribution in [2.75, 3.05) is 43.5 Å². The van der Waals surface area contributed by atoms with Crippen LogP contribution in [0.25, 0.3) is 22.2 Å². The largest absolute Gasteiger partial charge is 0.497 e. The van der Waals surface area contributed by atoms with Crippen LogP contribution in [0.4, 0.5) is 11.4 Å². The highest BCUT2D eigenvalue weighted by atomic mass is 35.5. The molecule has 3 aliphatic heterocycles. The molecular formula is C44H41Cl2N5O2. The number of fused-ring (bicyclic) bond motifs is 2. The molecule has 1 aromatic heterocycles. The lowest BCUT2D eigenvalue weighted by molar-refractivity contribution is 0.102. The van der Waals surface area contributed by atoms with Gasteiger partial charge in [-0.3, -0.25) is 9.69 Å². The number of anilines is 2. The number of allylic oxidation sites excluding steroid dienone is 2. The molecule has 4 aromatic carbocycles. The molecule has 2 N–H and O–H groups in total. The van der Waals surface area contributed by atoms with E-state index in [9.17, 15) is 4.79 Å². The molecule has 268 valence electrons. The summed E-state index contributed by atoms with van der Waals surface area (Å²) >= 11 is 13.2. The van der Waals surface area contributed by atoms with E-state index in [1.165, 1.54) is 32.1 Å². The first-order valence-electron chi connectivity index (χ1n) is 18.6. The molecule has 1 amide bonds. The normalized spacial score (nSPS) is 18.8. The van der Waals surface area contributed by atoms with Gasteiger partial charge in [-0.2, -0.15) is 0 Å². The maximum absolute atomic E-state index is 14.8. The third-order valence-corrected chi connectivity index (χ3v) is 11.8. The van der Waals surface area contributed by atoms with E-state index in [1.807, 2.05) is 66.9 Å². The van der Waals surface area contributed by atoms with Crippen LogP contribution in [-0.2, 0) is 0 Å². The van der Waals surface area contributed by atoms with E-state index in [0.29, 0.717) is 27.5 Å². The van der Waals surface area contributed by atoms with Crippen molar-refractivity contribution < 1.29 is 9.53 Å². The molecule has 1 saturated heterocycles. The number of halogens is 2. The monoisotopic (exact) mass is 741 g/mol. The minimum Gasteiger partial charge on any atom is -0.497 e. The lowest BCUT2D eigenvalue weighted by atomic mass is 9.84. The van der Waals surface area contributed by atoms with Crippen molar-refractivity contribution in [3.8, 4) is 5.75 Å². The van der Waals surface area contributed by atoms with Crippen molar-refractivity contribution in [3.63, 3.8) is 0 Å². The fourth-order valence-electron chi connectivity index (χ4n) is 8.84. The van der Waals surface area contributed by atoms with Crippen molar-refractivity contribution in [3.05, 3.63) is 141 Å². The highest BCUT2D eigenvalue weighted by molar-refractivity contribution is 6.32. The Kier molecular flexibility index (Phi) is 9.05. The number of piperazine rings is 1. The molecule has 0 radical (unpaired) electrons. The smallest absolute Gasteiger partial charge is 0.272 e. The Morgan fingerprint density at radius 1 is 0.887 bits per heavy atom. The van der Waals surface area contributed by atoms with E-state index in [-0.39, 0.29) is 11.9 Å². The maximum Gasteiger partial charge on any atom is 0.272 e. The number of aromatic amines is 1. The van der Waals surface area contributed by atoms with Crippen molar-refractivity contribution >= 4 is 62.7 Å². The minimum atomic E-state index is -0.239. The third-order valence-electron chi connectivity index (χ3n) is 11.4. The predicted octanol–water partition coefficient (Wildman–Crippen LogP) is 10.1. The number of amides is 1. The average molecular weight is 743 g/mol. The zero-order valence-electron chi connectivity index (χ0n) is 29.7. The van der Waals surface area contributed by atoms with Gasteiger partial charge in [-0.05, 0) is 72.0 Å². The molecule has 1 saturated carbocycles.